The summed E-state index contributed by atoms with van der Waals surface area (Å²) in [5, 5.41) is 0. The van der Waals surface area contributed by atoms with E-state index in [0.717, 1.165) is 41.4 Å². The van der Waals surface area contributed by atoms with Crippen LogP contribution >= 0.6 is 0 Å². The summed E-state index contributed by atoms with van der Waals surface area (Å²) in [6, 6.07) is 7.77. The molecule has 1 atom stereocenters. The van der Waals surface area contributed by atoms with Crippen LogP contribution in [-0.4, -0.2) is 45.3 Å². The van der Waals surface area contributed by atoms with Gasteiger partial charge in [-0.25, -0.2) is 15.0 Å². The lowest BCUT2D eigenvalue weighted by atomic mass is 10.2. The highest BCUT2D eigenvalue weighted by Gasteiger charge is 2.25. The molecule has 0 fully saturated rings. The highest BCUT2D eigenvalue weighted by atomic mass is 16.6. The Balaban J connectivity index is 1.60. The van der Waals surface area contributed by atoms with Crippen molar-refractivity contribution in [1.82, 2.24) is 19.5 Å². The molecule has 3 aromatic rings. The molecule has 7 heteroatoms. The van der Waals surface area contributed by atoms with Gasteiger partial charge in [0.25, 0.3) is 0 Å². The van der Waals surface area contributed by atoms with Crippen LogP contribution in [0.3, 0.4) is 0 Å². The van der Waals surface area contributed by atoms with Crippen molar-refractivity contribution >= 4 is 17.0 Å². The normalized spacial score (nSPS) is 16.2. The molecule has 7 nitrogen and oxygen atoms in total. The van der Waals surface area contributed by atoms with E-state index >= 15 is 0 Å². The molecule has 1 aliphatic rings. The lowest BCUT2D eigenvalue weighted by Gasteiger charge is -2.31. The third-order valence-corrected chi connectivity index (χ3v) is 4.26. The summed E-state index contributed by atoms with van der Waals surface area (Å²) in [7, 11) is 1.94. The van der Waals surface area contributed by atoms with E-state index in [1.54, 1.807) is 12.7 Å². The van der Waals surface area contributed by atoms with Crippen molar-refractivity contribution in [2.24, 2.45) is 7.05 Å². The Morgan fingerprint density at radius 3 is 2.88 bits per heavy atom. The van der Waals surface area contributed by atoms with Crippen molar-refractivity contribution < 1.29 is 9.47 Å². The average Bonchev–Trinajstić information content (AvgIpc) is 3.03. The van der Waals surface area contributed by atoms with Gasteiger partial charge in [0.15, 0.2) is 34.6 Å². The fraction of sp³-hybridized carbons (Fsp3) is 0.389. The number of anilines is 1. The van der Waals surface area contributed by atoms with Crippen molar-refractivity contribution in [3.05, 3.63) is 36.9 Å². The minimum Gasteiger partial charge on any atom is -0.486 e. The van der Waals surface area contributed by atoms with Gasteiger partial charge in [-0.05, 0) is 18.6 Å². The van der Waals surface area contributed by atoms with E-state index in [0.29, 0.717) is 13.2 Å². The summed E-state index contributed by atoms with van der Waals surface area (Å²) in [6.07, 6.45) is 4.30. The Morgan fingerprint density at radius 1 is 1.20 bits per heavy atom. The number of nitrogens with zero attached hydrogens (tertiary/aromatic N) is 5. The van der Waals surface area contributed by atoms with E-state index < -0.39 is 0 Å². The van der Waals surface area contributed by atoms with E-state index in [9.17, 15) is 0 Å². The van der Waals surface area contributed by atoms with Crippen LogP contribution in [0.5, 0.6) is 11.5 Å². The molecular weight excluding hydrogens is 318 g/mol. The zero-order chi connectivity index (χ0) is 17.2. The van der Waals surface area contributed by atoms with Crippen LogP contribution in [0.1, 0.15) is 13.3 Å². The number of rotatable bonds is 5. The maximum atomic E-state index is 6.11. The first-order valence-corrected chi connectivity index (χ1v) is 8.51. The van der Waals surface area contributed by atoms with E-state index in [1.807, 2.05) is 35.9 Å². The smallest absolute Gasteiger partial charge is 0.165 e. The predicted molar refractivity (Wildman–Crippen MR) is 95.2 cm³/mol. The van der Waals surface area contributed by atoms with Crippen LogP contribution in [0.2, 0.25) is 0 Å². The number of hydrogen-bond donors (Lipinski definition) is 0. The summed E-state index contributed by atoms with van der Waals surface area (Å²) in [4.78, 5) is 15.5. The maximum absolute atomic E-state index is 6.11. The molecule has 0 aliphatic carbocycles. The first-order chi connectivity index (χ1) is 12.3. The molecular formula is C18H21N5O2. The molecule has 2 aromatic heterocycles. The lowest BCUT2D eigenvalue weighted by molar-refractivity contribution is 0.0951. The van der Waals surface area contributed by atoms with Crippen LogP contribution in [-0.2, 0) is 7.05 Å². The minimum absolute atomic E-state index is 0.0600. The summed E-state index contributed by atoms with van der Waals surface area (Å²) in [5.41, 5.74) is 1.65. The second-order valence-corrected chi connectivity index (χ2v) is 6.17. The highest BCUT2D eigenvalue weighted by molar-refractivity contribution is 5.83. The fourth-order valence-corrected chi connectivity index (χ4v) is 3.12. The number of aryl methyl sites for hydroxylation is 1. The van der Waals surface area contributed by atoms with Crippen LogP contribution in [0.15, 0.2) is 36.9 Å². The number of fused-ring (bicyclic) bond motifs is 2. The van der Waals surface area contributed by atoms with Crippen LogP contribution in [0.4, 0.5) is 5.82 Å². The SMILES string of the molecule is CCCN(CC1COc2ccccc2O1)c1ncnc2c1ncn2C. The van der Waals surface area contributed by atoms with E-state index in [2.05, 4.69) is 26.8 Å². The summed E-state index contributed by atoms with van der Waals surface area (Å²) in [5.74, 6) is 2.44. The Labute approximate surface area is 146 Å². The zero-order valence-electron chi connectivity index (χ0n) is 14.4. The van der Waals surface area contributed by atoms with Gasteiger partial charge < -0.3 is 18.9 Å². The lowest BCUT2D eigenvalue weighted by Crippen LogP contribution is -2.41. The fourth-order valence-electron chi connectivity index (χ4n) is 3.12. The molecule has 0 spiro atoms. The summed E-state index contributed by atoms with van der Waals surface area (Å²) >= 11 is 0. The van der Waals surface area contributed by atoms with Gasteiger partial charge in [-0.15, -0.1) is 0 Å². The molecule has 1 unspecified atom stereocenters. The van der Waals surface area contributed by atoms with Crippen molar-refractivity contribution in [3.8, 4) is 11.5 Å². The third-order valence-electron chi connectivity index (χ3n) is 4.26. The van der Waals surface area contributed by atoms with Gasteiger partial charge in [0.2, 0.25) is 0 Å². The molecule has 0 bridgehead atoms. The Kier molecular flexibility index (Phi) is 4.13. The molecule has 1 aliphatic heterocycles. The number of hydrogen-bond acceptors (Lipinski definition) is 6. The number of ether oxygens (including phenoxy) is 2. The van der Waals surface area contributed by atoms with Crippen molar-refractivity contribution in [3.63, 3.8) is 0 Å². The number of para-hydroxylation sites is 2. The van der Waals surface area contributed by atoms with Crippen molar-refractivity contribution in [2.75, 3.05) is 24.6 Å². The molecule has 130 valence electrons. The van der Waals surface area contributed by atoms with Crippen LogP contribution < -0.4 is 14.4 Å². The molecule has 0 saturated heterocycles. The Morgan fingerprint density at radius 2 is 2.04 bits per heavy atom. The first-order valence-electron chi connectivity index (χ1n) is 8.51. The maximum Gasteiger partial charge on any atom is 0.165 e. The van der Waals surface area contributed by atoms with Crippen molar-refractivity contribution in [1.29, 1.82) is 0 Å². The molecule has 4 rings (SSSR count). The summed E-state index contributed by atoms with van der Waals surface area (Å²) in [6.45, 7) is 4.22. The zero-order valence-corrected chi connectivity index (χ0v) is 14.4. The van der Waals surface area contributed by atoms with Gasteiger partial charge in [0.05, 0.1) is 12.9 Å². The van der Waals surface area contributed by atoms with E-state index in [1.165, 1.54) is 0 Å². The van der Waals surface area contributed by atoms with Crippen LogP contribution in [0.25, 0.3) is 11.2 Å². The number of aromatic nitrogens is 4. The molecule has 3 heterocycles. The van der Waals surface area contributed by atoms with Gasteiger partial charge in [-0.1, -0.05) is 19.1 Å². The first kappa shape index (κ1) is 15.7. The van der Waals surface area contributed by atoms with Gasteiger partial charge in [-0.3, -0.25) is 0 Å². The van der Waals surface area contributed by atoms with E-state index in [4.69, 9.17) is 9.47 Å². The molecule has 0 saturated carbocycles. The number of benzene rings is 1. The molecule has 25 heavy (non-hydrogen) atoms. The number of imidazole rings is 1. The topological polar surface area (TPSA) is 65.3 Å². The molecule has 0 N–H and O–H groups in total. The average molecular weight is 339 g/mol. The summed E-state index contributed by atoms with van der Waals surface area (Å²) < 4.78 is 13.9. The molecule has 1 aromatic carbocycles. The van der Waals surface area contributed by atoms with Gasteiger partial charge in [0.1, 0.15) is 12.9 Å². The quantitative estimate of drug-likeness (QED) is 0.711. The largest absolute Gasteiger partial charge is 0.486 e. The molecule has 0 amide bonds. The second kappa shape index (κ2) is 6.58. The van der Waals surface area contributed by atoms with E-state index in [-0.39, 0.29) is 6.10 Å². The van der Waals surface area contributed by atoms with Gasteiger partial charge in [0, 0.05) is 13.6 Å². The Hall–Kier alpha value is -2.83. The molecule has 0 radical (unpaired) electrons. The van der Waals surface area contributed by atoms with Crippen molar-refractivity contribution in [2.45, 2.75) is 19.4 Å². The predicted octanol–water partition coefficient (Wildman–Crippen LogP) is 2.42. The standard InChI is InChI=1S/C18H21N5O2/c1-3-8-23(18-16-17(19-11-20-18)22(2)12-21-16)9-13-10-24-14-6-4-5-7-15(14)25-13/h4-7,11-13H,3,8-10H2,1-2H3. The monoisotopic (exact) mass is 339 g/mol. The highest BCUT2D eigenvalue weighted by Crippen LogP contribution is 2.31. The van der Waals surface area contributed by atoms with Crippen LogP contribution in [0, 0.1) is 0 Å². The Bertz CT molecular complexity index is 879. The third kappa shape index (κ3) is 2.97. The van der Waals surface area contributed by atoms with Gasteiger partial charge >= 0.3 is 0 Å². The van der Waals surface area contributed by atoms with Gasteiger partial charge in [-0.2, -0.15) is 0 Å². The second-order valence-electron chi connectivity index (χ2n) is 6.17. The minimum atomic E-state index is -0.0600.